The molecule has 0 amide bonds. The number of anilines is 3. The molecule has 3 aromatic carbocycles. The van der Waals surface area contributed by atoms with Gasteiger partial charge >= 0.3 is 5.97 Å². The molecular weight excluding hydrogens is 400 g/mol. The zero-order valence-electron chi connectivity index (χ0n) is 18.7. The highest BCUT2D eigenvalue weighted by Crippen LogP contribution is 2.45. The van der Waals surface area contributed by atoms with E-state index in [-0.39, 0.29) is 5.56 Å². The predicted molar refractivity (Wildman–Crippen MR) is 131 cm³/mol. The molecule has 0 atom stereocenters. The van der Waals surface area contributed by atoms with Crippen molar-refractivity contribution in [2.75, 3.05) is 23.3 Å². The molecule has 0 aliphatic carbocycles. The fourth-order valence-corrected chi connectivity index (χ4v) is 4.02. The highest BCUT2D eigenvalue weighted by molar-refractivity contribution is 5.98. The number of unbranched alkanes of at least 4 members (excludes halogenated alkanes) is 2. The minimum absolute atomic E-state index is 0.198. The molecule has 4 rings (SSSR count). The smallest absolute Gasteiger partial charge is 0.337 e. The number of aromatic carboxylic acids is 1. The van der Waals surface area contributed by atoms with E-state index in [1.54, 1.807) is 18.2 Å². The highest BCUT2D eigenvalue weighted by atomic mass is 16.5. The Morgan fingerprint density at radius 2 is 1.62 bits per heavy atom. The molecule has 32 heavy (non-hydrogen) atoms. The Kier molecular flexibility index (Phi) is 6.64. The van der Waals surface area contributed by atoms with Crippen LogP contribution in [-0.2, 0) is 0 Å². The molecule has 3 aromatic rings. The minimum Gasteiger partial charge on any atom is -0.478 e. The number of rotatable bonds is 9. The summed E-state index contributed by atoms with van der Waals surface area (Å²) in [7, 11) is 0. The van der Waals surface area contributed by atoms with Crippen molar-refractivity contribution in [1.82, 2.24) is 0 Å². The maximum atomic E-state index is 11.5. The van der Waals surface area contributed by atoms with Gasteiger partial charge in [0.05, 0.1) is 16.9 Å². The summed E-state index contributed by atoms with van der Waals surface area (Å²) in [5.74, 6) is 0.232. The van der Waals surface area contributed by atoms with Crippen LogP contribution < -0.4 is 15.0 Å². The van der Waals surface area contributed by atoms with Crippen LogP contribution in [0.2, 0.25) is 0 Å². The van der Waals surface area contributed by atoms with Crippen LogP contribution in [0.15, 0.2) is 60.7 Å². The van der Waals surface area contributed by atoms with Crippen molar-refractivity contribution in [3.8, 4) is 22.6 Å². The lowest BCUT2D eigenvalue weighted by Crippen LogP contribution is -2.25. The number of hydrogen-bond donors (Lipinski definition) is 2. The number of benzene rings is 3. The second-order valence-corrected chi connectivity index (χ2v) is 8.17. The third-order valence-corrected chi connectivity index (χ3v) is 5.83. The lowest BCUT2D eigenvalue weighted by molar-refractivity contribution is 0.0697. The monoisotopic (exact) mass is 430 g/mol. The maximum Gasteiger partial charge on any atom is 0.337 e. The third kappa shape index (κ3) is 4.57. The first-order chi connectivity index (χ1) is 15.6. The largest absolute Gasteiger partial charge is 0.478 e. The molecule has 5 nitrogen and oxygen atoms in total. The Morgan fingerprint density at radius 3 is 2.34 bits per heavy atom. The second kappa shape index (κ2) is 9.77. The molecule has 0 aromatic heterocycles. The minimum atomic E-state index is -0.981. The van der Waals surface area contributed by atoms with Crippen molar-refractivity contribution in [1.29, 1.82) is 0 Å². The van der Waals surface area contributed by atoms with Crippen LogP contribution in [0.1, 0.15) is 49.9 Å². The van der Waals surface area contributed by atoms with Crippen LogP contribution in [0.4, 0.5) is 17.1 Å². The first kappa shape index (κ1) is 21.8. The van der Waals surface area contributed by atoms with Crippen molar-refractivity contribution in [2.45, 2.75) is 39.5 Å². The summed E-state index contributed by atoms with van der Waals surface area (Å²) in [6.07, 6.45) is 4.74. The number of carbonyl (C=O) groups is 1. The molecule has 0 bridgehead atoms. The van der Waals surface area contributed by atoms with Crippen LogP contribution in [0.5, 0.6) is 11.5 Å². The number of carboxylic acid groups (broad SMARTS) is 1. The molecular formula is C27H30N2O3. The summed E-state index contributed by atoms with van der Waals surface area (Å²) < 4.78 is 6.08. The topological polar surface area (TPSA) is 61.8 Å². The molecule has 1 aliphatic rings. The van der Waals surface area contributed by atoms with E-state index >= 15 is 0 Å². The van der Waals surface area contributed by atoms with Gasteiger partial charge in [-0.3, -0.25) is 0 Å². The van der Waals surface area contributed by atoms with E-state index in [2.05, 4.69) is 48.3 Å². The molecule has 0 unspecified atom stereocenters. The van der Waals surface area contributed by atoms with Gasteiger partial charge in [-0.15, -0.1) is 0 Å². The van der Waals surface area contributed by atoms with Crippen LogP contribution >= 0.6 is 0 Å². The zero-order valence-corrected chi connectivity index (χ0v) is 18.7. The van der Waals surface area contributed by atoms with Crippen molar-refractivity contribution in [3.05, 3.63) is 66.2 Å². The van der Waals surface area contributed by atoms with Gasteiger partial charge < -0.3 is 20.1 Å². The normalized spacial score (nSPS) is 11.7. The van der Waals surface area contributed by atoms with Crippen LogP contribution in [0, 0.1) is 0 Å². The summed E-state index contributed by atoms with van der Waals surface area (Å²) in [6, 6.07) is 19.7. The van der Waals surface area contributed by atoms with E-state index in [4.69, 9.17) is 4.74 Å². The van der Waals surface area contributed by atoms with Crippen LogP contribution in [0.3, 0.4) is 0 Å². The second-order valence-electron chi connectivity index (χ2n) is 8.17. The maximum absolute atomic E-state index is 11.5. The number of para-hydroxylation sites is 1. The Labute approximate surface area is 189 Å². The average molecular weight is 431 g/mol. The Bertz CT molecular complexity index is 1100. The van der Waals surface area contributed by atoms with Crippen molar-refractivity contribution in [2.24, 2.45) is 0 Å². The van der Waals surface area contributed by atoms with Gasteiger partial charge in [-0.1, -0.05) is 51.0 Å². The first-order valence-corrected chi connectivity index (χ1v) is 11.4. The molecule has 2 N–H and O–H groups in total. The lowest BCUT2D eigenvalue weighted by atomic mass is 10.0. The van der Waals surface area contributed by atoms with Gasteiger partial charge in [0.1, 0.15) is 0 Å². The molecule has 1 heterocycles. The molecule has 1 aliphatic heterocycles. The number of carboxylic acids is 1. The van der Waals surface area contributed by atoms with Crippen LogP contribution in [-0.4, -0.2) is 24.2 Å². The van der Waals surface area contributed by atoms with E-state index in [9.17, 15) is 9.90 Å². The van der Waals surface area contributed by atoms with Gasteiger partial charge in [-0.05, 0) is 60.4 Å². The number of nitrogens with one attached hydrogen (secondary N) is 1. The average Bonchev–Trinajstić information content (AvgIpc) is 2.82. The number of fused-ring (bicyclic) bond motifs is 2. The molecule has 0 radical (unpaired) electrons. The van der Waals surface area contributed by atoms with Crippen molar-refractivity contribution >= 4 is 23.0 Å². The molecule has 0 saturated heterocycles. The van der Waals surface area contributed by atoms with E-state index in [0.29, 0.717) is 17.2 Å². The number of hydrogen-bond acceptors (Lipinski definition) is 4. The Morgan fingerprint density at radius 1 is 0.906 bits per heavy atom. The standard InChI is InChI=1S/C27H30N2O3/c1-3-5-15-29(16-6-4-2)21-10-7-9-19(17-21)20-13-14-23-25(18-20)32-24-12-8-11-22(27(30)31)26(24)28-23/h7-14,17-18,28H,3-6,15-16H2,1-2H3,(H,30,31). The quantitative estimate of drug-likeness (QED) is 0.291. The fourth-order valence-electron chi connectivity index (χ4n) is 4.02. The fraction of sp³-hybridized carbons (Fsp3) is 0.296. The molecule has 5 heteroatoms. The van der Waals surface area contributed by atoms with E-state index in [1.807, 2.05) is 18.2 Å². The Hall–Kier alpha value is -3.47. The summed E-state index contributed by atoms with van der Waals surface area (Å²) in [5, 5.41) is 12.7. The zero-order chi connectivity index (χ0) is 22.5. The van der Waals surface area contributed by atoms with Gasteiger partial charge in [0.25, 0.3) is 0 Å². The molecule has 0 fully saturated rings. The van der Waals surface area contributed by atoms with E-state index in [0.717, 1.165) is 29.9 Å². The van der Waals surface area contributed by atoms with E-state index in [1.165, 1.54) is 31.4 Å². The Balaban J connectivity index is 1.62. The van der Waals surface area contributed by atoms with Crippen molar-refractivity contribution < 1.29 is 14.6 Å². The highest BCUT2D eigenvalue weighted by Gasteiger charge is 2.22. The van der Waals surface area contributed by atoms with Gasteiger partial charge in [-0.2, -0.15) is 0 Å². The SMILES string of the molecule is CCCCN(CCCC)c1cccc(-c2ccc3c(c2)Oc2cccc(C(=O)O)c2N3)c1. The first-order valence-electron chi connectivity index (χ1n) is 11.4. The molecule has 166 valence electrons. The summed E-state index contributed by atoms with van der Waals surface area (Å²) in [4.78, 5) is 14.0. The molecule has 0 spiro atoms. The summed E-state index contributed by atoms with van der Waals surface area (Å²) in [6.45, 7) is 6.60. The van der Waals surface area contributed by atoms with Gasteiger partial charge in [0, 0.05) is 18.8 Å². The summed E-state index contributed by atoms with van der Waals surface area (Å²) >= 11 is 0. The lowest BCUT2D eigenvalue weighted by Gasteiger charge is -2.26. The number of nitrogens with zero attached hydrogens (tertiary/aromatic N) is 1. The van der Waals surface area contributed by atoms with Crippen LogP contribution in [0.25, 0.3) is 11.1 Å². The van der Waals surface area contributed by atoms with Gasteiger partial charge in [0.2, 0.25) is 0 Å². The molecule has 0 saturated carbocycles. The third-order valence-electron chi connectivity index (χ3n) is 5.83. The van der Waals surface area contributed by atoms with Gasteiger partial charge in [0.15, 0.2) is 11.5 Å². The number of ether oxygens (including phenoxy) is 1. The van der Waals surface area contributed by atoms with Crippen molar-refractivity contribution in [3.63, 3.8) is 0 Å². The van der Waals surface area contributed by atoms with E-state index < -0.39 is 5.97 Å². The summed E-state index contributed by atoms with van der Waals surface area (Å²) in [5.41, 5.74) is 4.90. The van der Waals surface area contributed by atoms with Gasteiger partial charge in [-0.25, -0.2) is 4.79 Å². The predicted octanol–water partition coefficient (Wildman–Crippen LogP) is 7.31.